The van der Waals surface area contributed by atoms with E-state index in [-0.39, 0.29) is 17.4 Å². The summed E-state index contributed by atoms with van der Waals surface area (Å²) in [6, 6.07) is 5.74. The van der Waals surface area contributed by atoms with Crippen LogP contribution in [0.5, 0.6) is 5.88 Å². The van der Waals surface area contributed by atoms with Gasteiger partial charge >= 0.3 is 0 Å². The van der Waals surface area contributed by atoms with Gasteiger partial charge in [0.25, 0.3) is 0 Å². The Morgan fingerprint density at radius 1 is 1.38 bits per heavy atom. The van der Waals surface area contributed by atoms with Crippen LogP contribution in [0.1, 0.15) is 18.1 Å². The van der Waals surface area contributed by atoms with Crippen LogP contribution in [0.2, 0.25) is 0 Å². The zero-order valence-electron chi connectivity index (χ0n) is 12.1. The standard InChI is InChI=1S/C16H15N3O2/c1-4-9-14(20)13(19-15(9)17-3)12-10-7-8(2)5-6-11(10)18-16(12)21/h4-7,18,21H,1-3H3. The van der Waals surface area contributed by atoms with Crippen molar-refractivity contribution in [2.45, 2.75) is 13.8 Å². The lowest BCUT2D eigenvalue weighted by molar-refractivity contribution is -0.109. The number of hydrogen-bond acceptors (Lipinski definition) is 3. The molecule has 0 saturated carbocycles. The first kappa shape index (κ1) is 13.3. The Hall–Kier alpha value is -2.69. The Labute approximate surface area is 121 Å². The Bertz CT molecular complexity index is 854. The molecule has 1 aromatic carbocycles. The highest BCUT2D eigenvalue weighted by Crippen LogP contribution is 2.31. The second-order valence-corrected chi connectivity index (χ2v) is 4.94. The summed E-state index contributed by atoms with van der Waals surface area (Å²) in [5.74, 6) is 0.144. The lowest BCUT2D eigenvalue weighted by Crippen LogP contribution is -2.12. The lowest BCUT2D eigenvalue weighted by Gasteiger charge is -1.99. The quantitative estimate of drug-likeness (QED) is 0.788. The number of nitrogens with one attached hydrogen (secondary N) is 1. The average molecular weight is 281 g/mol. The fourth-order valence-corrected chi connectivity index (χ4v) is 2.58. The molecule has 5 nitrogen and oxygen atoms in total. The maximum absolute atomic E-state index is 12.5. The maximum Gasteiger partial charge on any atom is 0.215 e. The predicted octanol–water partition coefficient (Wildman–Crippen LogP) is 2.53. The number of rotatable bonds is 1. The van der Waals surface area contributed by atoms with Crippen molar-refractivity contribution in [1.82, 2.24) is 4.98 Å². The van der Waals surface area contributed by atoms with Gasteiger partial charge in [-0.3, -0.25) is 9.79 Å². The van der Waals surface area contributed by atoms with Crippen molar-refractivity contribution in [3.05, 3.63) is 41.0 Å². The third-order valence-corrected chi connectivity index (χ3v) is 3.59. The van der Waals surface area contributed by atoms with Crippen LogP contribution in [0.25, 0.3) is 10.9 Å². The van der Waals surface area contributed by atoms with E-state index in [2.05, 4.69) is 15.0 Å². The van der Waals surface area contributed by atoms with Gasteiger partial charge < -0.3 is 10.1 Å². The number of ketones is 1. The van der Waals surface area contributed by atoms with Crippen LogP contribution in [0, 0.1) is 6.92 Å². The zero-order chi connectivity index (χ0) is 15.1. The third kappa shape index (κ3) is 1.89. The molecule has 0 bridgehead atoms. The second-order valence-electron chi connectivity index (χ2n) is 4.94. The van der Waals surface area contributed by atoms with Gasteiger partial charge in [-0.15, -0.1) is 0 Å². The molecule has 2 aromatic rings. The van der Waals surface area contributed by atoms with E-state index in [1.807, 2.05) is 25.1 Å². The van der Waals surface area contributed by atoms with Gasteiger partial charge in [-0.05, 0) is 26.0 Å². The lowest BCUT2D eigenvalue weighted by atomic mass is 10.0. The molecule has 0 spiro atoms. The number of aromatic hydroxyl groups is 1. The normalized spacial score (nSPS) is 19.0. The number of Topliss-reactive ketones (excluding diaryl/α,β-unsaturated/α-hetero) is 1. The van der Waals surface area contributed by atoms with Crippen molar-refractivity contribution < 1.29 is 9.90 Å². The van der Waals surface area contributed by atoms with Crippen LogP contribution in [0.3, 0.4) is 0 Å². The molecule has 0 atom stereocenters. The van der Waals surface area contributed by atoms with E-state index in [9.17, 15) is 9.90 Å². The van der Waals surface area contributed by atoms with Crippen molar-refractivity contribution >= 4 is 28.2 Å². The van der Waals surface area contributed by atoms with Gasteiger partial charge in [0.1, 0.15) is 5.71 Å². The molecular formula is C16H15N3O2. The highest BCUT2D eigenvalue weighted by molar-refractivity contribution is 6.63. The summed E-state index contributed by atoms with van der Waals surface area (Å²) in [5, 5.41) is 11.0. The van der Waals surface area contributed by atoms with Gasteiger partial charge in [0.2, 0.25) is 5.78 Å². The number of fused-ring (bicyclic) bond motifs is 1. The fourth-order valence-electron chi connectivity index (χ4n) is 2.58. The van der Waals surface area contributed by atoms with E-state index in [1.165, 1.54) is 0 Å². The first-order chi connectivity index (χ1) is 10.1. The first-order valence-corrected chi connectivity index (χ1v) is 6.65. The van der Waals surface area contributed by atoms with Crippen LogP contribution in [-0.4, -0.2) is 34.5 Å². The Kier molecular flexibility index (Phi) is 2.97. The minimum absolute atomic E-state index is 0.0458. The molecule has 0 unspecified atom stereocenters. The van der Waals surface area contributed by atoms with Gasteiger partial charge in [-0.2, -0.15) is 0 Å². The van der Waals surface area contributed by atoms with E-state index < -0.39 is 0 Å². The van der Waals surface area contributed by atoms with Crippen LogP contribution in [0.15, 0.2) is 39.8 Å². The number of aryl methyl sites for hydroxylation is 1. The second kappa shape index (κ2) is 4.70. The van der Waals surface area contributed by atoms with Crippen LogP contribution < -0.4 is 0 Å². The summed E-state index contributed by atoms with van der Waals surface area (Å²) < 4.78 is 0. The van der Waals surface area contributed by atoms with Gasteiger partial charge in [0.05, 0.1) is 11.1 Å². The fraction of sp³-hybridized carbons (Fsp3) is 0.188. The molecule has 1 aromatic heterocycles. The minimum Gasteiger partial charge on any atom is -0.494 e. The summed E-state index contributed by atoms with van der Waals surface area (Å²) in [5.41, 5.74) is 2.96. The van der Waals surface area contributed by atoms with E-state index in [0.29, 0.717) is 17.0 Å². The minimum atomic E-state index is -0.212. The molecule has 106 valence electrons. The summed E-state index contributed by atoms with van der Waals surface area (Å²) in [6.45, 7) is 3.73. The number of hydrogen-bond donors (Lipinski definition) is 2. The first-order valence-electron chi connectivity index (χ1n) is 6.65. The molecule has 0 radical (unpaired) electrons. The smallest absolute Gasteiger partial charge is 0.215 e. The average Bonchev–Trinajstić information content (AvgIpc) is 2.94. The van der Waals surface area contributed by atoms with Crippen molar-refractivity contribution in [2.24, 2.45) is 9.98 Å². The predicted molar refractivity (Wildman–Crippen MR) is 83.4 cm³/mol. The molecule has 0 fully saturated rings. The molecule has 3 rings (SSSR count). The van der Waals surface area contributed by atoms with E-state index in [0.717, 1.165) is 16.5 Å². The number of carbonyl (C=O) groups is 1. The number of aromatic amines is 1. The molecular weight excluding hydrogens is 266 g/mol. The Morgan fingerprint density at radius 3 is 2.76 bits per heavy atom. The zero-order valence-corrected chi connectivity index (χ0v) is 12.1. The van der Waals surface area contributed by atoms with Gasteiger partial charge in [0, 0.05) is 18.0 Å². The van der Waals surface area contributed by atoms with E-state index in [1.54, 1.807) is 20.0 Å². The van der Waals surface area contributed by atoms with Gasteiger partial charge in [-0.1, -0.05) is 17.7 Å². The topological polar surface area (TPSA) is 77.8 Å². The molecule has 21 heavy (non-hydrogen) atoms. The molecule has 0 amide bonds. The summed E-state index contributed by atoms with van der Waals surface area (Å²) in [4.78, 5) is 23.7. The van der Waals surface area contributed by atoms with Crippen molar-refractivity contribution in [3.8, 4) is 5.88 Å². The number of aromatic nitrogens is 1. The van der Waals surface area contributed by atoms with Crippen molar-refractivity contribution in [1.29, 1.82) is 0 Å². The SMILES string of the molecule is CC=C1C(=O)C(c2c(O)[nH]c3ccc(C)cc23)=NC1=NC. The van der Waals surface area contributed by atoms with Crippen molar-refractivity contribution in [2.75, 3.05) is 7.05 Å². The van der Waals surface area contributed by atoms with E-state index >= 15 is 0 Å². The molecule has 1 aliphatic heterocycles. The van der Waals surface area contributed by atoms with Crippen molar-refractivity contribution in [3.63, 3.8) is 0 Å². The molecule has 2 N–H and O–H groups in total. The molecule has 1 aliphatic rings. The Morgan fingerprint density at radius 2 is 2.14 bits per heavy atom. The number of aliphatic imine (C=N–C) groups is 2. The highest BCUT2D eigenvalue weighted by atomic mass is 16.3. The number of H-pyrrole nitrogens is 1. The number of benzene rings is 1. The van der Waals surface area contributed by atoms with Crippen LogP contribution in [-0.2, 0) is 4.79 Å². The summed E-state index contributed by atoms with van der Waals surface area (Å²) >= 11 is 0. The molecule has 5 heteroatoms. The summed E-state index contributed by atoms with van der Waals surface area (Å²) in [6.07, 6.45) is 1.69. The number of amidine groups is 1. The van der Waals surface area contributed by atoms with Crippen LogP contribution >= 0.6 is 0 Å². The summed E-state index contributed by atoms with van der Waals surface area (Å²) in [7, 11) is 1.60. The maximum atomic E-state index is 12.5. The number of allylic oxidation sites excluding steroid dienone is 1. The number of carbonyl (C=O) groups excluding carboxylic acids is 1. The van der Waals surface area contributed by atoms with Crippen LogP contribution in [0.4, 0.5) is 0 Å². The Balaban J connectivity index is 2.29. The molecule has 0 saturated heterocycles. The molecule has 0 aliphatic carbocycles. The monoisotopic (exact) mass is 281 g/mol. The van der Waals surface area contributed by atoms with Gasteiger partial charge in [0.15, 0.2) is 11.7 Å². The number of nitrogens with zero attached hydrogens (tertiary/aromatic N) is 2. The largest absolute Gasteiger partial charge is 0.494 e. The molecule has 2 heterocycles. The van der Waals surface area contributed by atoms with Gasteiger partial charge in [-0.25, -0.2) is 4.99 Å². The van der Waals surface area contributed by atoms with E-state index in [4.69, 9.17) is 0 Å². The highest BCUT2D eigenvalue weighted by Gasteiger charge is 2.32. The third-order valence-electron chi connectivity index (χ3n) is 3.59.